The molecule has 2 N–H and O–H groups in total. The van der Waals surface area contributed by atoms with E-state index in [0.717, 1.165) is 24.6 Å². The molecule has 0 aliphatic heterocycles. The lowest BCUT2D eigenvalue weighted by Crippen LogP contribution is -2.47. The summed E-state index contributed by atoms with van der Waals surface area (Å²) >= 11 is 0. The molecule has 1 saturated carbocycles. The van der Waals surface area contributed by atoms with E-state index in [2.05, 4.69) is 5.32 Å². The van der Waals surface area contributed by atoms with Crippen molar-refractivity contribution >= 4 is 11.9 Å². The summed E-state index contributed by atoms with van der Waals surface area (Å²) in [5, 5.41) is 11.5. The number of hydrogen-bond donors (Lipinski definition) is 2. The number of carbonyl (C=O) groups excluding carboxylic acids is 1. The molecule has 114 valence electrons. The fourth-order valence-electron chi connectivity index (χ4n) is 2.26. The van der Waals surface area contributed by atoms with Gasteiger partial charge in [0.1, 0.15) is 0 Å². The van der Waals surface area contributed by atoms with Crippen molar-refractivity contribution in [2.75, 3.05) is 6.54 Å². The zero-order valence-corrected chi connectivity index (χ0v) is 11.0. The third kappa shape index (κ3) is 3.17. The third-order valence-corrected chi connectivity index (χ3v) is 3.80. The van der Waals surface area contributed by atoms with Crippen molar-refractivity contribution in [3.63, 3.8) is 0 Å². The monoisotopic (exact) mass is 301 g/mol. The molecule has 1 aliphatic rings. The maximum atomic E-state index is 12.6. The molecule has 1 aromatic carbocycles. The van der Waals surface area contributed by atoms with Crippen LogP contribution in [0.4, 0.5) is 13.2 Å². The molecule has 0 heterocycles. The van der Waals surface area contributed by atoms with Gasteiger partial charge in [-0.3, -0.25) is 9.59 Å². The molecule has 0 spiro atoms. The van der Waals surface area contributed by atoms with Crippen LogP contribution < -0.4 is 5.32 Å². The van der Waals surface area contributed by atoms with Gasteiger partial charge in [-0.05, 0) is 31.0 Å². The molecule has 21 heavy (non-hydrogen) atoms. The Morgan fingerprint density at radius 1 is 1.29 bits per heavy atom. The number of carboxylic acid groups (broad SMARTS) is 1. The van der Waals surface area contributed by atoms with E-state index >= 15 is 0 Å². The number of alkyl halides is 3. The Bertz CT molecular complexity index is 565. The zero-order valence-electron chi connectivity index (χ0n) is 11.0. The second-order valence-corrected chi connectivity index (χ2v) is 5.20. The molecule has 0 radical (unpaired) electrons. The Balaban J connectivity index is 2.06. The van der Waals surface area contributed by atoms with Gasteiger partial charge in [-0.1, -0.05) is 12.5 Å². The number of halogens is 3. The van der Waals surface area contributed by atoms with Crippen LogP contribution in [0.5, 0.6) is 0 Å². The van der Waals surface area contributed by atoms with E-state index < -0.39 is 29.0 Å². The highest BCUT2D eigenvalue weighted by molar-refractivity contribution is 5.94. The van der Waals surface area contributed by atoms with E-state index in [-0.39, 0.29) is 12.1 Å². The van der Waals surface area contributed by atoms with E-state index in [1.54, 1.807) is 0 Å². The van der Waals surface area contributed by atoms with Crippen LogP contribution in [0.3, 0.4) is 0 Å². The van der Waals surface area contributed by atoms with Crippen LogP contribution in [0, 0.1) is 5.41 Å². The quantitative estimate of drug-likeness (QED) is 0.898. The number of benzene rings is 1. The molecule has 0 bridgehead atoms. The van der Waals surface area contributed by atoms with Gasteiger partial charge in [0.15, 0.2) is 0 Å². The summed E-state index contributed by atoms with van der Waals surface area (Å²) in [6.45, 7) is -0.0720. The van der Waals surface area contributed by atoms with Crippen LogP contribution in [0.25, 0.3) is 0 Å². The maximum absolute atomic E-state index is 12.6. The van der Waals surface area contributed by atoms with Crippen LogP contribution >= 0.6 is 0 Å². The molecule has 0 saturated heterocycles. The van der Waals surface area contributed by atoms with Gasteiger partial charge in [-0.15, -0.1) is 0 Å². The Kier molecular flexibility index (Phi) is 3.93. The minimum Gasteiger partial charge on any atom is -0.481 e. The van der Waals surface area contributed by atoms with Gasteiger partial charge in [0.25, 0.3) is 5.91 Å². The highest BCUT2D eigenvalue weighted by Gasteiger charge is 2.44. The van der Waals surface area contributed by atoms with E-state index in [0.29, 0.717) is 12.8 Å². The molecule has 0 aromatic heterocycles. The summed E-state index contributed by atoms with van der Waals surface area (Å²) in [7, 11) is 0. The first kappa shape index (κ1) is 15.3. The van der Waals surface area contributed by atoms with E-state index in [1.165, 1.54) is 6.07 Å². The minimum atomic E-state index is -4.52. The fourth-order valence-corrected chi connectivity index (χ4v) is 2.26. The lowest BCUT2D eigenvalue weighted by atomic mass is 9.69. The molecule has 1 amide bonds. The largest absolute Gasteiger partial charge is 0.481 e. The number of rotatable bonds is 4. The predicted octanol–water partition coefficient (Wildman–Crippen LogP) is 2.69. The molecule has 2 rings (SSSR count). The number of hydrogen-bond acceptors (Lipinski definition) is 2. The van der Waals surface area contributed by atoms with Gasteiger partial charge in [-0.25, -0.2) is 0 Å². The lowest BCUT2D eigenvalue weighted by Gasteiger charge is -2.37. The summed E-state index contributed by atoms with van der Waals surface area (Å²) in [6, 6.07) is 4.04. The van der Waals surface area contributed by atoms with Crippen molar-refractivity contribution in [3.8, 4) is 0 Å². The van der Waals surface area contributed by atoms with Crippen molar-refractivity contribution in [1.29, 1.82) is 0 Å². The van der Waals surface area contributed by atoms with Crippen LogP contribution in [0.15, 0.2) is 24.3 Å². The van der Waals surface area contributed by atoms with Gasteiger partial charge in [0.05, 0.1) is 11.0 Å². The van der Waals surface area contributed by atoms with E-state index in [1.807, 2.05) is 0 Å². The number of nitrogens with one attached hydrogen (secondary N) is 1. The minimum absolute atomic E-state index is 0.0720. The normalized spacial score (nSPS) is 16.9. The summed E-state index contributed by atoms with van der Waals surface area (Å²) in [6.07, 6.45) is -2.82. The number of carbonyl (C=O) groups is 2. The first-order valence-electron chi connectivity index (χ1n) is 6.43. The number of aliphatic carboxylic acids is 1. The molecule has 1 fully saturated rings. The first-order valence-corrected chi connectivity index (χ1v) is 6.43. The molecule has 1 aromatic rings. The Morgan fingerprint density at radius 2 is 1.95 bits per heavy atom. The van der Waals surface area contributed by atoms with Gasteiger partial charge in [0, 0.05) is 12.1 Å². The van der Waals surface area contributed by atoms with Crippen molar-refractivity contribution in [2.45, 2.75) is 25.4 Å². The molecule has 4 nitrogen and oxygen atoms in total. The molecule has 0 atom stereocenters. The third-order valence-electron chi connectivity index (χ3n) is 3.80. The Hall–Kier alpha value is -2.05. The predicted molar refractivity (Wildman–Crippen MR) is 67.7 cm³/mol. The summed E-state index contributed by atoms with van der Waals surface area (Å²) in [5.41, 5.74) is -2.02. The van der Waals surface area contributed by atoms with E-state index in [9.17, 15) is 22.8 Å². The topological polar surface area (TPSA) is 66.4 Å². The smallest absolute Gasteiger partial charge is 0.416 e. The summed E-state index contributed by atoms with van der Waals surface area (Å²) in [4.78, 5) is 23.0. The molecule has 0 unspecified atom stereocenters. The van der Waals surface area contributed by atoms with Gasteiger partial charge in [-0.2, -0.15) is 13.2 Å². The van der Waals surface area contributed by atoms with Gasteiger partial charge in [0.2, 0.25) is 0 Å². The number of amides is 1. The second-order valence-electron chi connectivity index (χ2n) is 5.20. The van der Waals surface area contributed by atoms with Crippen LogP contribution in [-0.2, 0) is 11.0 Å². The molecular weight excluding hydrogens is 287 g/mol. The van der Waals surface area contributed by atoms with Crippen LogP contribution in [0.2, 0.25) is 0 Å². The highest BCUT2D eigenvalue weighted by Crippen LogP contribution is 2.40. The standard InChI is InChI=1S/C14H14F3NO3/c15-14(16,17)10-4-1-3-9(7-10)11(19)18-8-13(12(20)21)5-2-6-13/h1,3-4,7H,2,5-6,8H2,(H,18,19)(H,20,21). The Labute approximate surface area is 119 Å². The zero-order chi connectivity index (χ0) is 15.7. The summed E-state index contributed by atoms with van der Waals surface area (Å²) < 4.78 is 37.7. The average molecular weight is 301 g/mol. The van der Waals surface area contributed by atoms with Crippen molar-refractivity contribution in [3.05, 3.63) is 35.4 Å². The SMILES string of the molecule is O=C(NCC1(C(=O)O)CCC1)c1cccc(C(F)(F)F)c1. The molecular formula is C14H14F3NO3. The average Bonchev–Trinajstić information content (AvgIpc) is 2.36. The number of carboxylic acids is 1. The first-order chi connectivity index (χ1) is 9.74. The van der Waals surface area contributed by atoms with Crippen molar-refractivity contribution in [2.24, 2.45) is 5.41 Å². The maximum Gasteiger partial charge on any atom is 0.416 e. The van der Waals surface area contributed by atoms with Crippen molar-refractivity contribution < 1.29 is 27.9 Å². The van der Waals surface area contributed by atoms with E-state index in [4.69, 9.17) is 5.11 Å². The lowest BCUT2D eigenvalue weighted by molar-refractivity contribution is -0.153. The molecule has 1 aliphatic carbocycles. The summed E-state index contributed by atoms with van der Waals surface area (Å²) in [5.74, 6) is -1.69. The van der Waals surface area contributed by atoms with Crippen molar-refractivity contribution in [1.82, 2.24) is 5.32 Å². The van der Waals surface area contributed by atoms with Gasteiger partial charge >= 0.3 is 12.1 Å². The second kappa shape index (κ2) is 5.38. The molecule has 7 heteroatoms. The van der Waals surface area contributed by atoms with Gasteiger partial charge < -0.3 is 10.4 Å². The van der Waals surface area contributed by atoms with Crippen LogP contribution in [0.1, 0.15) is 35.2 Å². The Morgan fingerprint density at radius 3 is 2.43 bits per heavy atom. The van der Waals surface area contributed by atoms with Crippen LogP contribution in [-0.4, -0.2) is 23.5 Å². The highest BCUT2D eigenvalue weighted by atomic mass is 19.4. The fraction of sp³-hybridized carbons (Fsp3) is 0.429.